The second-order valence-corrected chi connectivity index (χ2v) is 5.85. The van der Waals surface area contributed by atoms with Crippen molar-refractivity contribution in [2.75, 3.05) is 26.2 Å². The zero-order valence-corrected chi connectivity index (χ0v) is 13.4. The van der Waals surface area contributed by atoms with Gasteiger partial charge in [0.05, 0.1) is 5.69 Å². The Labute approximate surface area is 135 Å². The fourth-order valence-corrected chi connectivity index (χ4v) is 2.93. The maximum atomic E-state index is 12.7. The molecule has 0 radical (unpaired) electrons. The van der Waals surface area contributed by atoms with Crippen LogP contribution in [0, 0.1) is 5.92 Å². The van der Waals surface area contributed by atoms with Crippen molar-refractivity contribution < 1.29 is 4.79 Å². The van der Waals surface area contributed by atoms with E-state index in [1.54, 1.807) is 4.68 Å². The molecule has 0 saturated carbocycles. The summed E-state index contributed by atoms with van der Waals surface area (Å²) in [5.74, 6) is 0.758. The van der Waals surface area contributed by atoms with Crippen LogP contribution in [0.2, 0.25) is 0 Å². The highest BCUT2D eigenvalue weighted by molar-refractivity contribution is 5.94. The first-order chi connectivity index (χ1) is 11.3. The van der Waals surface area contributed by atoms with E-state index in [0.29, 0.717) is 11.5 Å². The highest BCUT2D eigenvalue weighted by Crippen LogP contribution is 2.19. The molecule has 1 aliphatic heterocycles. The molecule has 0 atom stereocenters. The molecule has 7 heteroatoms. The molecule has 122 valence electrons. The number of benzene rings is 1. The van der Waals surface area contributed by atoms with Crippen molar-refractivity contribution in [1.29, 1.82) is 0 Å². The predicted octanol–water partition coefficient (Wildman–Crippen LogP) is 1.12. The van der Waals surface area contributed by atoms with Crippen LogP contribution in [0.3, 0.4) is 0 Å². The molecule has 1 saturated heterocycles. The number of piperidine rings is 1. The Balaban J connectivity index is 1.64. The number of hydrogen-bond acceptors (Lipinski definition) is 5. The van der Waals surface area contributed by atoms with Crippen LogP contribution in [0.4, 0.5) is 0 Å². The van der Waals surface area contributed by atoms with Gasteiger partial charge in [0, 0.05) is 18.7 Å². The van der Waals surface area contributed by atoms with Gasteiger partial charge >= 0.3 is 0 Å². The summed E-state index contributed by atoms with van der Waals surface area (Å²) in [6.45, 7) is 5.82. The third-order valence-electron chi connectivity index (χ3n) is 4.29. The minimum absolute atomic E-state index is 0.0850. The number of likely N-dealkylation sites (tertiary alicyclic amines) is 1. The maximum Gasteiger partial charge on any atom is 0.253 e. The molecule has 0 bridgehead atoms. The van der Waals surface area contributed by atoms with E-state index in [-0.39, 0.29) is 5.91 Å². The number of nitrogens with one attached hydrogen (secondary N) is 1. The van der Waals surface area contributed by atoms with Crippen LogP contribution in [-0.2, 0) is 0 Å². The fourth-order valence-electron chi connectivity index (χ4n) is 2.93. The Kier molecular flexibility index (Phi) is 4.97. The zero-order chi connectivity index (χ0) is 16.1. The molecule has 23 heavy (non-hydrogen) atoms. The summed E-state index contributed by atoms with van der Waals surface area (Å²) in [7, 11) is 0. The molecular weight excluding hydrogens is 292 g/mol. The molecule has 7 nitrogen and oxygen atoms in total. The summed E-state index contributed by atoms with van der Waals surface area (Å²) < 4.78 is 1.55. The third kappa shape index (κ3) is 3.73. The topological polar surface area (TPSA) is 75.9 Å². The minimum atomic E-state index is 0.0850. The van der Waals surface area contributed by atoms with Gasteiger partial charge in [-0.15, -0.1) is 5.10 Å². The van der Waals surface area contributed by atoms with E-state index < -0.39 is 0 Å². The van der Waals surface area contributed by atoms with E-state index in [1.165, 1.54) is 6.33 Å². The SMILES string of the molecule is CCNCC1CCN(C(=O)c2cccc(-n3cnnn3)c2)CC1. The Morgan fingerprint density at radius 1 is 1.35 bits per heavy atom. The normalized spacial score (nSPS) is 15.8. The lowest BCUT2D eigenvalue weighted by molar-refractivity contribution is 0.0690. The molecule has 2 aromatic rings. The quantitative estimate of drug-likeness (QED) is 0.895. The van der Waals surface area contributed by atoms with Gasteiger partial charge in [-0.1, -0.05) is 13.0 Å². The third-order valence-corrected chi connectivity index (χ3v) is 4.29. The fraction of sp³-hybridized carbons (Fsp3) is 0.500. The molecule has 3 rings (SSSR count). The van der Waals surface area contributed by atoms with Crippen LogP contribution in [0.25, 0.3) is 5.69 Å². The van der Waals surface area contributed by atoms with Gasteiger partial charge in [-0.2, -0.15) is 0 Å². The first kappa shape index (κ1) is 15.6. The highest BCUT2D eigenvalue weighted by Gasteiger charge is 2.23. The van der Waals surface area contributed by atoms with Gasteiger partial charge in [-0.05, 0) is 60.5 Å². The van der Waals surface area contributed by atoms with E-state index >= 15 is 0 Å². The van der Waals surface area contributed by atoms with Crippen LogP contribution < -0.4 is 5.32 Å². The standard InChI is InChI=1S/C16H22N6O/c1-2-17-11-13-6-8-21(9-7-13)16(23)14-4-3-5-15(10-14)22-12-18-19-20-22/h3-5,10,12-13,17H,2,6-9,11H2,1H3. The average molecular weight is 314 g/mol. The summed E-state index contributed by atoms with van der Waals surface area (Å²) in [5.41, 5.74) is 1.48. The first-order valence-corrected chi connectivity index (χ1v) is 8.11. The second kappa shape index (κ2) is 7.32. The van der Waals surface area contributed by atoms with Crippen LogP contribution >= 0.6 is 0 Å². The molecule has 1 fully saturated rings. The molecule has 0 unspecified atom stereocenters. The van der Waals surface area contributed by atoms with Gasteiger partial charge in [0.2, 0.25) is 0 Å². The Morgan fingerprint density at radius 3 is 2.87 bits per heavy atom. The summed E-state index contributed by atoms with van der Waals surface area (Å²) in [6.07, 6.45) is 3.65. The van der Waals surface area contributed by atoms with Gasteiger partial charge in [-0.25, -0.2) is 4.68 Å². The van der Waals surface area contributed by atoms with E-state index in [9.17, 15) is 4.79 Å². The van der Waals surface area contributed by atoms with Crippen LogP contribution in [0.15, 0.2) is 30.6 Å². The Morgan fingerprint density at radius 2 is 2.17 bits per heavy atom. The Hall–Kier alpha value is -2.28. The van der Waals surface area contributed by atoms with Crippen molar-refractivity contribution in [3.8, 4) is 5.69 Å². The number of aromatic nitrogens is 4. The van der Waals surface area contributed by atoms with Crippen molar-refractivity contribution in [1.82, 2.24) is 30.4 Å². The minimum Gasteiger partial charge on any atom is -0.339 e. The van der Waals surface area contributed by atoms with Gasteiger partial charge in [0.1, 0.15) is 6.33 Å². The van der Waals surface area contributed by atoms with Gasteiger partial charge in [0.25, 0.3) is 5.91 Å². The highest BCUT2D eigenvalue weighted by atomic mass is 16.2. The number of hydrogen-bond donors (Lipinski definition) is 1. The van der Waals surface area contributed by atoms with Crippen LogP contribution in [0.5, 0.6) is 0 Å². The summed E-state index contributed by atoms with van der Waals surface area (Å²) >= 11 is 0. The maximum absolute atomic E-state index is 12.7. The second-order valence-electron chi connectivity index (χ2n) is 5.85. The number of amides is 1. The van der Waals surface area contributed by atoms with E-state index in [4.69, 9.17) is 0 Å². The van der Waals surface area contributed by atoms with Gasteiger partial charge < -0.3 is 10.2 Å². The number of tetrazole rings is 1. The molecule has 1 N–H and O–H groups in total. The summed E-state index contributed by atoms with van der Waals surface area (Å²) in [5, 5.41) is 14.5. The molecule has 1 aliphatic rings. The molecule has 1 amide bonds. The van der Waals surface area contributed by atoms with E-state index in [1.807, 2.05) is 29.2 Å². The van der Waals surface area contributed by atoms with Gasteiger partial charge in [0.15, 0.2) is 0 Å². The van der Waals surface area contributed by atoms with Crippen molar-refractivity contribution in [2.45, 2.75) is 19.8 Å². The van der Waals surface area contributed by atoms with Crippen molar-refractivity contribution in [2.24, 2.45) is 5.92 Å². The zero-order valence-electron chi connectivity index (χ0n) is 13.4. The molecule has 2 heterocycles. The van der Waals surface area contributed by atoms with Crippen LogP contribution in [0.1, 0.15) is 30.1 Å². The number of nitrogens with zero attached hydrogens (tertiary/aromatic N) is 5. The van der Waals surface area contributed by atoms with Crippen molar-refractivity contribution in [3.63, 3.8) is 0 Å². The smallest absolute Gasteiger partial charge is 0.253 e. The van der Waals surface area contributed by atoms with Gasteiger partial charge in [-0.3, -0.25) is 4.79 Å². The molecule has 0 spiro atoms. The lowest BCUT2D eigenvalue weighted by atomic mass is 9.96. The lowest BCUT2D eigenvalue weighted by Crippen LogP contribution is -2.40. The Bertz CT molecular complexity index is 634. The van der Waals surface area contributed by atoms with E-state index in [0.717, 1.165) is 44.7 Å². The monoisotopic (exact) mass is 314 g/mol. The number of carbonyl (C=O) groups is 1. The molecule has 1 aromatic heterocycles. The largest absolute Gasteiger partial charge is 0.339 e. The molecule has 0 aliphatic carbocycles. The first-order valence-electron chi connectivity index (χ1n) is 8.11. The average Bonchev–Trinajstić information content (AvgIpc) is 3.14. The number of rotatable bonds is 5. The van der Waals surface area contributed by atoms with Crippen molar-refractivity contribution in [3.05, 3.63) is 36.2 Å². The van der Waals surface area contributed by atoms with E-state index in [2.05, 4.69) is 27.8 Å². The summed E-state index contributed by atoms with van der Waals surface area (Å²) in [6, 6.07) is 7.43. The van der Waals surface area contributed by atoms with Crippen LogP contribution in [-0.4, -0.2) is 57.2 Å². The predicted molar refractivity (Wildman–Crippen MR) is 86.3 cm³/mol. The number of carbonyl (C=O) groups excluding carboxylic acids is 1. The lowest BCUT2D eigenvalue weighted by Gasteiger charge is -2.32. The van der Waals surface area contributed by atoms with Crippen molar-refractivity contribution >= 4 is 5.91 Å². The summed E-state index contributed by atoms with van der Waals surface area (Å²) in [4.78, 5) is 14.6. The molecular formula is C16H22N6O. The molecule has 1 aromatic carbocycles.